The molecule has 106 valence electrons. The molecule has 2 aliphatic rings. The van der Waals surface area contributed by atoms with Crippen LogP contribution >= 0.6 is 0 Å². The first-order valence-corrected chi connectivity index (χ1v) is 6.77. The van der Waals surface area contributed by atoms with Gasteiger partial charge in [-0.3, -0.25) is 9.59 Å². The molecule has 3 heterocycles. The number of amides is 2. The van der Waals surface area contributed by atoms with Crippen molar-refractivity contribution in [3.05, 3.63) is 17.8 Å². The second-order valence-corrected chi connectivity index (χ2v) is 5.21. The molecule has 0 bridgehead atoms. The number of hydrogen-bond donors (Lipinski definition) is 0. The Balaban J connectivity index is 1.71. The first-order chi connectivity index (χ1) is 9.65. The van der Waals surface area contributed by atoms with Crippen LogP contribution in [0.1, 0.15) is 23.3 Å². The Hall–Kier alpha value is -2.18. The summed E-state index contributed by atoms with van der Waals surface area (Å²) in [5.74, 6) is 0.511. The van der Waals surface area contributed by atoms with Gasteiger partial charge in [0.05, 0.1) is 6.67 Å². The Kier molecular flexibility index (Phi) is 3.25. The van der Waals surface area contributed by atoms with Gasteiger partial charge in [-0.2, -0.15) is 0 Å². The summed E-state index contributed by atoms with van der Waals surface area (Å²) in [6, 6.07) is 3.51. The average molecular weight is 275 g/mol. The van der Waals surface area contributed by atoms with Crippen LogP contribution in [-0.2, 0) is 4.79 Å². The fraction of sp³-hybridized carbons (Fsp3) is 0.538. The van der Waals surface area contributed by atoms with E-state index in [-0.39, 0.29) is 24.1 Å². The molecule has 0 atom stereocenters. The van der Waals surface area contributed by atoms with E-state index in [1.807, 2.05) is 6.07 Å². The summed E-state index contributed by atoms with van der Waals surface area (Å²) >= 11 is 0. The Morgan fingerprint density at radius 3 is 2.50 bits per heavy atom. The van der Waals surface area contributed by atoms with Crippen LogP contribution in [0.15, 0.2) is 12.1 Å². The van der Waals surface area contributed by atoms with Crippen molar-refractivity contribution < 1.29 is 9.59 Å². The van der Waals surface area contributed by atoms with Gasteiger partial charge in [0.2, 0.25) is 5.91 Å². The SMILES string of the molecule is CN1CN(C(=O)c2ccc(N3CCCC3)nn2)CC1=O. The van der Waals surface area contributed by atoms with E-state index >= 15 is 0 Å². The van der Waals surface area contributed by atoms with Gasteiger partial charge in [0.15, 0.2) is 11.5 Å². The van der Waals surface area contributed by atoms with Crippen molar-refractivity contribution in [2.24, 2.45) is 0 Å². The van der Waals surface area contributed by atoms with Gasteiger partial charge in [0, 0.05) is 20.1 Å². The molecule has 2 saturated heterocycles. The molecule has 0 aliphatic carbocycles. The number of carbonyl (C=O) groups is 2. The summed E-state index contributed by atoms with van der Waals surface area (Å²) in [5.41, 5.74) is 0.288. The molecule has 0 radical (unpaired) electrons. The molecule has 0 aromatic carbocycles. The summed E-state index contributed by atoms with van der Waals surface area (Å²) in [5, 5.41) is 8.13. The average Bonchev–Trinajstić information content (AvgIpc) is 3.09. The number of carbonyl (C=O) groups excluding carboxylic acids is 2. The van der Waals surface area contributed by atoms with E-state index in [2.05, 4.69) is 15.1 Å². The fourth-order valence-electron chi connectivity index (χ4n) is 2.52. The molecule has 3 rings (SSSR count). The van der Waals surface area contributed by atoms with Crippen molar-refractivity contribution in [2.45, 2.75) is 12.8 Å². The quantitative estimate of drug-likeness (QED) is 0.757. The van der Waals surface area contributed by atoms with E-state index in [9.17, 15) is 9.59 Å². The van der Waals surface area contributed by atoms with Crippen LogP contribution in [0.4, 0.5) is 5.82 Å². The summed E-state index contributed by atoms with van der Waals surface area (Å²) in [6.45, 7) is 2.42. The molecule has 0 spiro atoms. The molecule has 0 N–H and O–H groups in total. The van der Waals surface area contributed by atoms with Crippen molar-refractivity contribution in [1.29, 1.82) is 0 Å². The number of likely N-dealkylation sites (N-methyl/N-ethyl adjacent to an activating group) is 1. The summed E-state index contributed by atoms with van der Waals surface area (Å²) in [7, 11) is 1.68. The Morgan fingerprint density at radius 2 is 1.95 bits per heavy atom. The van der Waals surface area contributed by atoms with Gasteiger partial charge in [0.25, 0.3) is 5.91 Å². The van der Waals surface area contributed by atoms with Gasteiger partial charge < -0.3 is 14.7 Å². The summed E-state index contributed by atoms with van der Waals surface area (Å²) in [6.07, 6.45) is 2.34. The normalized spacial score (nSPS) is 19.1. The van der Waals surface area contributed by atoms with Gasteiger partial charge in [-0.05, 0) is 25.0 Å². The molecular weight excluding hydrogens is 258 g/mol. The minimum absolute atomic E-state index is 0.0556. The zero-order chi connectivity index (χ0) is 14.1. The molecular formula is C13H17N5O2. The Morgan fingerprint density at radius 1 is 1.20 bits per heavy atom. The Labute approximate surface area is 117 Å². The largest absolute Gasteiger partial charge is 0.355 e. The van der Waals surface area contributed by atoms with E-state index in [1.165, 1.54) is 22.6 Å². The smallest absolute Gasteiger partial charge is 0.276 e. The first kappa shape index (κ1) is 12.8. The minimum atomic E-state index is -0.247. The maximum Gasteiger partial charge on any atom is 0.276 e. The lowest BCUT2D eigenvalue weighted by atomic mass is 10.3. The van der Waals surface area contributed by atoms with Gasteiger partial charge in [0.1, 0.15) is 6.54 Å². The monoisotopic (exact) mass is 275 g/mol. The first-order valence-electron chi connectivity index (χ1n) is 6.77. The molecule has 20 heavy (non-hydrogen) atoms. The number of hydrogen-bond acceptors (Lipinski definition) is 5. The topological polar surface area (TPSA) is 69.6 Å². The summed E-state index contributed by atoms with van der Waals surface area (Å²) < 4.78 is 0. The van der Waals surface area contributed by atoms with E-state index in [0.29, 0.717) is 6.67 Å². The third-order valence-corrected chi connectivity index (χ3v) is 3.72. The third-order valence-electron chi connectivity index (χ3n) is 3.72. The highest BCUT2D eigenvalue weighted by Gasteiger charge is 2.29. The number of anilines is 1. The molecule has 0 saturated carbocycles. The van der Waals surface area contributed by atoms with Crippen LogP contribution in [0.2, 0.25) is 0 Å². The minimum Gasteiger partial charge on any atom is -0.355 e. The van der Waals surface area contributed by atoms with Crippen molar-refractivity contribution in [1.82, 2.24) is 20.0 Å². The van der Waals surface area contributed by atoms with Crippen LogP contribution in [-0.4, -0.2) is 65.2 Å². The van der Waals surface area contributed by atoms with Gasteiger partial charge >= 0.3 is 0 Å². The fourth-order valence-corrected chi connectivity index (χ4v) is 2.52. The van der Waals surface area contributed by atoms with Crippen molar-refractivity contribution in [3.8, 4) is 0 Å². The third kappa shape index (κ3) is 2.31. The lowest BCUT2D eigenvalue weighted by Crippen LogP contribution is -2.31. The molecule has 1 aromatic heterocycles. The molecule has 2 fully saturated rings. The van der Waals surface area contributed by atoms with E-state index in [1.54, 1.807) is 13.1 Å². The Bertz CT molecular complexity index is 524. The highest BCUT2D eigenvalue weighted by molar-refractivity contribution is 5.96. The van der Waals surface area contributed by atoms with Gasteiger partial charge in [-0.15, -0.1) is 10.2 Å². The maximum absolute atomic E-state index is 12.2. The van der Waals surface area contributed by atoms with Gasteiger partial charge in [-0.25, -0.2) is 0 Å². The van der Waals surface area contributed by atoms with Crippen LogP contribution in [0, 0.1) is 0 Å². The van der Waals surface area contributed by atoms with Crippen molar-refractivity contribution in [3.63, 3.8) is 0 Å². The maximum atomic E-state index is 12.2. The molecule has 7 nitrogen and oxygen atoms in total. The lowest BCUT2D eigenvalue weighted by Gasteiger charge is -2.17. The van der Waals surface area contributed by atoms with Crippen LogP contribution in [0.3, 0.4) is 0 Å². The van der Waals surface area contributed by atoms with Gasteiger partial charge in [-0.1, -0.05) is 0 Å². The van der Waals surface area contributed by atoms with E-state index < -0.39 is 0 Å². The molecule has 2 amide bonds. The second kappa shape index (κ2) is 5.07. The predicted octanol–water partition coefficient (Wildman–Crippen LogP) is -0.0515. The second-order valence-electron chi connectivity index (χ2n) is 5.21. The zero-order valence-corrected chi connectivity index (χ0v) is 11.4. The number of aromatic nitrogens is 2. The highest BCUT2D eigenvalue weighted by atomic mass is 16.2. The van der Waals surface area contributed by atoms with Crippen LogP contribution < -0.4 is 4.90 Å². The molecule has 1 aromatic rings. The molecule has 7 heteroatoms. The van der Waals surface area contributed by atoms with E-state index in [0.717, 1.165) is 18.9 Å². The zero-order valence-electron chi connectivity index (χ0n) is 11.4. The van der Waals surface area contributed by atoms with E-state index in [4.69, 9.17) is 0 Å². The predicted molar refractivity (Wildman–Crippen MR) is 72.2 cm³/mol. The van der Waals surface area contributed by atoms with Crippen LogP contribution in [0.5, 0.6) is 0 Å². The number of nitrogens with zero attached hydrogens (tertiary/aromatic N) is 5. The lowest BCUT2D eigenvalue weighted by molar-refractivity contribution is -0.125. The molecule has 2 aliphatic heterocycles. The van der Waals surface area contributed by atoms with Crippen molar-refractivity contribution >= 4 is 17.6 Å². The van der Waals surface area contributed by atoms with Crippen LogP contribution in [0.25, 0.3) is 0 Å². The summed E-state index contributed by atoms with van der Waals surface area (Å²) in [4.78, 5) is 28.8. The number of rotatable bonds is 2. The standard InChI is InChI=1S/C13H17N5O2/c1-16-9-18(8-12(16)19)13(20)10-4-5-11(15-14-10)17-6-2-3-7-17/h4-5H,2-3,6-9H2,1H3. The highest BCUT2D eigenvalue weighted by Crippen LogP contribution is 2.17. The van der Waals surface area contributed by atoms with Crippen molar-refractivity contribution in [2.75, 3.05) is 38.3 Å². The molecule has 0 unspecified atom stereocenters.